The van der Waals surface area contributed by atoms with E-state index in [4.69, 9.17) is 0 Å². The maximum absolute atomic E-state index is 13.2. The third kappa shape index (κ3) is 4.01. The van der Waals surface area contributed by atoms with Crippen molar-refractivity contribution in [2.75, 3.05) is 0 Å². The molecular formula is C19H16FN3O. The Hall–Kier alpha value is -3.08. The number of aromatic nitrogens is 2. The topological polar surface area (TPSA) is 54.9 Å². The molecule has 3 aromatic rings. The summed E-state index contributed by atoms with van der Waals surface area (Å²) in [5, 5.41) is 3.00. The number of hydrogen-bond donors (Lipinski definition) is 1. The Morgan fingerprint density at radius 3 is 2.25 bits per heavy atom. The smallest absolute Gasteiger partial charge is 0.225 e. The minimum absolute atomic E-state index is 0.150. The zero-order valence-corrected chi connectivity index (χ0v) is 12.9. The summed E-state index contributed by atoms with van der Waals surface area (Å²) in [6, 6.07) is 15.4. The Kier molecular flexibility index (Phi) is 4.91. The molecule has 0 saturated carbocycles. The summed E-state index contributed by atoms with van der Waals surface area (Å²) in [6.07, 6.45) is 4.84. The average Bonchev–Trinajstić information content (AvgIpc) is 2.62. The Bertz CT molecular complexity index is 792. The number of carbonyl (C=O) groups is 1. The molecule has 3 rings (SSSR count). The van der Waals surface area contributed by atoms with Crippen molar-refractivity contribution in [3.8, 4) is 0 Å². The summed E-state index contributed by atoms with van der Waals surface area (Å²) in [5.74, 6) is -0.457. The molecule has 1 amide bonds. The van der Waals surface area contributed by atoms with Gasteiger partial charge in [0.05, 0.1) is 12.5 Å². The van der Waals surface area contributed by atoms with Gasteiger partial charge in [0.15, 0.2) is 0 Å². The highest BCUT2D eigenvalue weighted by Gasteiger charge is 2.17. The lowest BCUT2D eigenvalue weighted by atomic mass is 9.98. The first-order chi connectivity index (χ1) is 11.7. The molecule has 1 N–H and O–H groups in total. The van der Waals surface area contributed by atoms with Gasteiger partial charge in [-0.3, -0.25) is 4.79 Å². The van der Waals surface area contributed by atoms with E-state index in [9.17, 15) is 9.18 Å². The van der Waals surface area contributed by atoms with Crippen molar-refractivity contribution in [3.05, 3.63) is 95.8 Å². The molecule has 0 saturated heterocycles. The second-order valence-electron chi connectivity index (χ2n) is 5.39. The molecule has 0 radical (unpaired) electrons. The molecular weight excluding hydrogens is 305 g/mol. The van der Waals surface area contributed by atoms with Gasteiger partial charge in [0.2, 0.25) is 5.91 Å². The third-order valence-corrected chi connectivity index (χ3v) is 3.62. The molecule has 0 aliphatic rings. The van der Waals surface area contributed by atoms with Crippen LogP contribution in [0.1, 0.15) is 22.7 Å². The maximum atomic E-state index is 13.2. The minimum atomic E-state index is -0.344. The molecule has 24 heavy (non-hydrogen) atoms. The first-order valence-corrected chi connectivity index (χ1v) is 7.56. The summed E-state index contributed by atoms with van der Waals surface area (Å²) >= 11 is 0. The summed E-state index contributed by atoms with van der Waals surface area (Å²) in [6.45, 7) is 0. The van der Waals surface area contributed by atoms with E-state index >= 15 is 0 Å². The quantitative estimate of drug-likeness (QED) is 0.786. The number of hydrogen-bond acceptors (Lipinski definition) is 3. The number of rotatable bonds is 5. The van der Waals surface area contributed by atoms with Crippen LogP contribution >= 0.6 is 0 Å². The summed E-state index contributed by atoms with van der Waals surface area (Å²) in [5.41, 5.74) is 2.49. The molecule has 0 aliphatic heterocycles. The van der Waals surface area contributed by atoms with E-state index in [1.54, 1.807) is 24.5 Å². The second-order valence-corrected chi connectivity index (χ2v) is 5.39. The predicted octanol–water partition coefficient (Wildman–Crippen LogP) is 3.06. The molecule has 1 atom stereocenters. The standard InChI is InChI=1S/C19H16FN3O/c20-17-8-6-16(7-9-17)19(15-4-2-1-3-5-15)23-18(24)10-14-11-21-13-22-12-14/h1-9,11-13,19H,10H2,(H,23,24)/t19-/m0/s1. The summed E-state index contributed by atoms with van der Waals surface area (Å²) < 4.78 is 13.2. The van der Waals surface area contributed by atoms with Crippen LogP contribution < -0.4 is 5.32 Å². The van der Waals surface area contributed by atoms with Crippen LogP contribution in [0.2, 0.25) is 0 Å². The SMILES string of the molecule is O=C(Cc1cncnc1)N[C@@H](c1ccccc1)c1ccc(F)cc1. The van der Waals surface area contributed by atoms with Gasteiger partial charge in [-0.15, -0.1) is 0 Å². The first kappa shape index (κ1) is 15.8. The van der Waals surface area contributed by atoms with Crippen molar-refractivity contribution in [1.82, 2.24) is 15.3 Å². The van der Waals surface area contributed by atoms with E-state index in [0.29, 0.717) is 0 Å². The molecule has 0 unspecified atom stereocenters. The number of nitrogens with one attached hydrogen (secondary N) is 1. The van der Waals surface area contributed by atoms with Gasteiger partial charge >= 0.3 is 0 Å². The average molecular weight is 321 g/mol. The molecule has 4 nitrogen and oxygen atoms in total. The highest BCUT2D eigenvalue weighted by atomic mass is 19.1. The van der Waals surface area contributed by atoms with E-state index in [1.165, 1.54) is 18.5 Å². The van der Waals surface area contributed by atoms with Gasteiger partial charge in [-0.25, -0.2) is 14.4 Å². The van der Waals surface area contributed by atoms with Crippen LogP contribution in [-0.4, -0.2) is 15.9 Å². The van der Waals surface area contributed by atoms with Crippen molar-refractivity contribution in [2.45, 2.75) is 12.5 Å². The van der Waals surface area contributed by atoms with Crippen molar-refractivity contribution in [1.29, 1.82) is 0 Å². The Morgan fingerprint density at radius 2 is 1.58 bits per heavy atom. The Morgan fingerprint density at radius 1 is 0.958 bits per heavy atom. The number of amides is 1. The number of carbonyl (C=O) groups excluding carboxylic acids is 1. The fourth-order valence-corrected chi connectivity index (χ4v) is 2.48. The molecule has 0 spiro atoms. The molecule has 0 fully saturated rings. The fraction of sp³-hybridized carbons (Fsp3) is 0.105. The van der Waals surface area contributed by atoms with Crippen molar-refractivity contribution in [3.63, 3.8) is 0 Å². The monoisotopic (exact) mass is 321 g/mol. The molecule has 1 aromatic heterocycles. The van der Waals surface area contributed by atoms with Crippen LogP contribution in [0.3, 0.4) is 0 Å². The van der Waals surface area contributed by atoms with Gasteiger partial charge in [0.25, 0.3) is 0 Å². The van der Waals surface area contributed by atoms with Crippen LogP contribution in [0.15, 0.2) is 73.3 Å². The largest absolute Gasteiger partial charge is 0.345 e. The predicted molar refractivity (Wildman–Crippen MR) is 88.6 cm³/mol. The number of halogens is 1. The first-order valence-electron chi connectivity index (χ1n) is 7.56. The van der Waals surface area contributed by atoms with E-state index in [2.05, 4.69) is 15.3 Å². The lowest BCUT2D eigenvalue weighted by molar-refractivity contribution is -0.120. The highest BCUT2D eigenvalue weighted by molar-refractivity contribution is 5.79. The van der Waals surface area contributed by atoms with Crippen LogP contribution in [0, 0.1) is 5.82 Å². The molecule has 0 bridgehead atoms. The zero-order valence-electron chi connectivity index (χ0n) is 12.9. The van der Waals surface area contributed by atoms with Gasteiger partial charge in [0, 0.05) is 12.4 Å². The van der Waals surface area contributed by atoms with Crippen LogP contribution in [-0.2, 0) is 11.2 Å². The van der Waals surface area contributed by atoms with E-state index in [0.717, 1.165) is 16.7 Å². The highest BCUT2D eigenvalue weighted by Crippen LogP contribution is 2.22. The van der Waals surface area contributed by atoms with Crippen LogP contribution in [0.25, 0.3) is 0 Å². The molecule has 5 heteroatoms. The van der Waals surface area contributed by atoms with Crippen LogP contribution in [0.4, 0.5) is 4.39 Å². The van der Waals surface area contributed by atoms with E-state index in [-0.39, 0.29) is 24.2 Å². The van der Waals surface area contributed by atoms with Gasteiger partial charge in [0.1, 0.15) is 12.1 Å². The molecule has 1 heterocycles. The number of benzene rings is 2. The fourth-order valence-electron chi connectivity index (χ4n) is 2.48. The third-order valence-electron chi connectivity index (χ3n) is 3.62. The van der Waals surface area contributed by atoms with E-state index in [1.807, 2.05) is 30.3 Å². The molecule has 120 valence electrons. The normalized spacial score (nSPS) is 11.7. The minimum Gasteiger partial charge on any atom is -0.345 e. The van der Waals surface area contributed by atoms with Crippen molar-refractivity contribution < 1.29 is 9.18 Å². The van der Waals surface area contributed by atoms with Crippen LogP contribution in [0.5, 0.6) is 0 Å². The second kappa shape index (κ2) is 7.46. The number of nitrogens with zero attached hydrogens (tertiary/aromatic N) is 2. The van der Waals surface area contributed by atoms with E-state index < -0.39 is 0 Å². The van der Waals surface area contributed by atoms with Crippen molar-refractivity contribution >= 4 is 5.91 Å². The molecule has 0 aliphatic carbocycles. The lowest BCUT2D eigenvalue weighted by Gasteiger charge is -2.20. The van der Waals surface area contributed by atoms with Gasteiger partial charge in [-0.1, -0.05) is 42.5 Å². The Labute approximate surface area is 139 Å². The van der Waals surface area contributed by atoms with Gasteiger partial charge in [-0.05, 0) is 28.8 Å². The van der Waals surface area contributed by atoms with Gasteiger partial charge in [-0.2, -0.15) is 0 Å². The Balaban J connectivity index is 1.82. The summed E-state index contributed by atoms with van der Waals surface area (Å²) in [7, 11) is 0. The summed E-state index contributed by atoms with van der Waals surface area (Å²) in [4.78, 5) is 20.2. The molecule has 2 aromatic carbocycles. The van der Waals surface area contributed by atoms with Crippen molar-refractivity contribution in [2.24, 2.45) is 0 Å². The lowest BCUT2D eigenvalue weighted by Crippen LogP contribution is -2.30. The maximum Gasteiger partial charge on any atom is 0.225 e. The van der Waals surface area contributed by atoms with Gasteiger partial charge < -0.3 is 5.32 Å². The zero-order chi connectivity index (χ0) is 16.8.